The van der Waals surface area contributed by atoms with Crippen LogP contribution in [0.25, 0.3) is 0 Å². The second kappa shape index (κ2) is 9.24. The molecule has 0 saturated heterocycles. The van der Waals surface area contributed by atoms with E-state index in [1.165, 1.54) is 10.6 Å². The lowest BCUT2D eigenvalue weighted by molar-refractivity contribution is -0.116. The van der Waals surface area contributed by atoms with Crippen LogP contribution in [0, 0.1) is 0 Å². The van der Waals surface area contributed by atoms with Gasteiger partial charge in [-0.3, -0.25) is 9.59 Å². The SMILES string of the molecule is COc1ccccc1CCC(=O)Nc1ccc(=O)n(Cc2ccccc2Cl)c1. The lowest BCUT2D eigenvalue weighted by atomic mass is 10.1. The third-order valence-corrected chi connectivity index (χ3v) is 4.75. The average Bonchev–Trinajstić information content (AvgIpc) is 2.71. The van der Waals surface area contributed by atoms with Crippen molar-refractivity contribution >= 4 is 23.2 Å². The summed E-state index contributed by atoms with van der Waals surface area (Å²) in [5.74, 6) is 0.637. The Kier molecular flexibility index (Phi) is 6.50. The molecule has 144 valence electrons. The summed E-state index contributed by atoms with van der Waals surface area (Å²) in [6.45, 7) is 0.337. The number of aromatic nitrogens is 1. The van der Waals surface area contributed by atoms with Crippen LogP contribution in [0.2, 0.25) is 5.02 Å². The van der Waals surface area contributed by atoms with E-state index in [0.717, 1.165) is 16.9 Å². The minimum atomic E-state index is -0.160. The first kappa shape index (κ1) is 19.7. The molecule has 1 heterocycles. The van der Waals surface area contributed by atoms with Crippen LogP contribution >= 0.6 is 11.6 Å². The van der Waals surface area contributed by atoms with Crippen molar-refractivity contribution in [2.75, 3.05) is 12.4 Å². The molecule has 3 aromatic rings. The smallest absolute Gasteiger partial charge is 0.250 e. The number of hydrogen-bond acceptors (Lipinski definition) is 3. The number of nitrogens with zero attached hydrogens (tertiary/aromatic N) is 1. The summed E-state index contributed by atoms with van der Waals surface area (Å²) in [6, 6.07) is 18.0. The molecule has 0 aliphatic carbocycles. The second-order valence-electron chi connectivity index (χ2n) is 6.34. The summed E-state index contributed by atoms with van der Waals surface area (Å²) < 4.78 is 6.84. The standard InChI is InChI=1S/C22H21ClN2O3/c1-28-20-9-5-3-6-16(20)10-12-21(26)24-18-11-13-22(27)25(15-18)14-17-7-2-4-8-19(17)23/h2-9,11,13,15H,10,12,14H2,1H3,(H,24,26). The van der Waals surface area contributed by atoms with Crippen molar-refractivity contribution < 1.29 is 9.53 Å². The predicted octanol–water partition coefficient (Wildman–Crippen LogP) is 4.13. The Balaban J connectivity index is 1.66. The Morgan fingerprint density at radius 3 is 2.50 bits per heavy atom. The number of halogens is 1. The van der Waals surface area contributed by atoms with Crippen LogP contribution in [0.5, 0.6) is 5.75 Å². The van der Waals surface area contributed by atoms with E-state index in [4.69, 9.17) is 16.3 Å². The molecule has 0 radical (unpaired) electrons. The Morgan fingerprint density at radius 1 is 1.04 bits per heavy atom. The topological polar surface area (TPSA) is 60.3 Å². The first-order valence-electron chi connectivity index (χ1n) is 8.92. The number of benzene rings is 2. The molecule has 0 bridgehead atoms. The number of pyridine rings is 1. The van der Waals surface area contributed by atoms with E-state index in [1.807, 2.05) is 42.5 Å². The van der Waals surface area contributed by atoms with Crippen LogP contribution < -0.4 is 15.6 Å². The van der Waals surface area contributed by atoms with Gasteiger partial charge in [-0.1, -0.05) is 48.0 Å². The van der Waals surface area contributed by atoms with E-state index in [2.05, 4.69) is 5.32 Å². The van der Waals surface area contributed by atoms with E-state index >= 15 is 0 Å². The number of carbonyl (C=O) groups is 1. The molecule has 0 fully saturated rings. The van der Waals surface area contributed by atoms with Gasteiger partial charge in [-0.15, -0.1) is 0 Å². The molecule has 6 heteroatoms. The molecule has 28 heavy (non-hydrogen) atoms. The molecule has 0 atom stereocenters. The molecule has 0 spiro atoms. The Morgan fingerprint density at radius 2 is 1.75 bits per heavy atom. The summed E-state index contributed by atoms with van der Waals surface area (Å²) in [7, 11) is 1.61. The van der Waals surface area contributed by atoms with Gasteiger partial charge >= 0.3 is 0 Å². The second-order valence-corrected chi connectivity index (χ2v) is 6.74. The van der Waals surface area contributed by atoms with Crippen molar-refractivity contribution in [2.24, 2.45) is 0 Å². The monoisotopic (exact) mass is 396 g/mol. The molecule has 1 N–H and O–H groups in total. The van der Waals surface area contributed by atoms with Crippen LogP contribution in [0.3, 0.4) is 0 Å². The highest BCUT2D eigenvalue weighted by Gasteiger charge is 2.08. The number of anilines is 1. The highest BCUT2D eigenvalue weighted by molar-refractivity contribution is 6.31. The third-order valence-electron chi connectivity index (χ3n) is 4.38. The highest BCUT2D eigenvalue weighted by Crippen LogP contribution is 2.19. The largest absolute Gasteiger partial charge is 0.496 e. The van der Waals surface area contributed by atoms with Crippen molar-refractivity contribution in [3.63, 3.8) is 0 Å². The van der Waals surface area contributed by atoms with Gasteiger partial charge in [0.15, 0.2) is 0 Å². The third kappa shape index (κ3) is 5.02. The van der Waals surface area contributed by atoms with Crippen molar-refractivity contribution in [1.29, 1.82) is 0 Å². The van der Waals surface area contributed by atoms with E-state index in [9.17, 15) is 9.59 Å². The Bertz CT molecular complexity index is 1030. The summed E-state index contributed by atoms with van der Waals surface area (Å²) in [5.41, 5.74) is 2.22. The summed E-state index contributed by atoms with van der Waals surface area (Å²) in [5, 5.41) is 3.44. The molecule has 5 nitrogen and oxygen atoms in total. The number of carbonyl (C=O) groups excluding carboxylic acids is 1. The van der Waals surface area contributed by atoms with Gasteiger partial charge < -0.3 is 14.6 Å². The lowest BCUT2D eigenvalue weighted by Crippen LogP contribution is -2.21. The molecular formula is C22H21ClN2O3. The van der Waals surface area contributed by atoms with Crippen molar-refractivity contribution in [3.8, 4) is 5.75 Å². The minimum Gasteiger partial charge on any atom is -0.496 e. The molecule has 0 aliphatic rings. The van der Waals surface area contributed by atoms with Crippen LogP contribution in [0.15, 0.2) is 71.7 Å². The quantitative estimate of drug-likeness (QED) is 0.653. The molecule has 0 aliphatic heterocycles. The maximum Gasteiger partial charge on any atom is 0.250 e. The number of aryl methyl sites for hydroxylation is 1. The van der Waals surface area contributed by atoms with Gasteiger partial charge in [0.05, 0.1) is 19.3 Å². The first-order valence-corrected chi connectivity index (χ1v) is 9.30. The van der Waals surface area contributed by atoms with Crippen LogP contribution in [0.1, 0.15) is 17.5 Å². The summed E-state index contributed by atoms with van der Waals surface area (Å²) in [4.78, 5) is 24.5. The fourth-order valence-electron chi connectivity index (χ4n) is 2.92. The van der Waals surface area contributed by atoms with Gasteiger partial charge in [0.25, 0.3) is 5.56 Å². The molecule has 2 aromatic carbocycles. The number of hydrogen-bond donors (Lipinski definition) is 1. The van der Waals surface area contributed by atoms with Crippen molar-refractivity contribution in [3.05, 3.63) is 93.4 Å². The number of nitrogens with one attached hydrogen (secondary N) is 1. The Hall–Kier alpha value is -3.05. The summed E-state index contributed by atoms with van der Waals surface area (Å²) in [6.07, 6.45) is 2.51. The zero-order valence-corrected chi connectivity index (χ0v) is 16.3. The number of rotatable bonds is 7. The Labute approximate surface area is 168 Å². The first-order chi connectivity index (χ1) is 13.6. The van der Waals surface area contributed by atoms with Gasteiger partial charge in [0.1, 0.15) is 5.75 Å². The van der Waals surface area contributed by atoms with E-state index in [0.29, 0.717) is 30.1 Å². The predicted molar refractivity (Wildman–Crippen MR) is 111 cm³/mol. The normalized spacial score (nSPS) is 10.5. The fraction of sp³-hybridized carbons (Fsp3) is 0.182. The molecule has 0 saturated carbocycles. The van der Waals surface area contributed by atoms with Crippen molar-refractivity contribution in [1.82, 2.24) is 4.57 Å². The van der Waals surface area contributed by atoms with E-state index in [1.54, 1.807) is 25.4 Å². The number of para-hydroxylation sites is 1. The maximum absolute atomic E-state index is 12.3. The average molecular weight is 397 g/mol. The maximum atomic E-state index is 12.3. The fourth-order valence-corrected chi connectivity index (χ4v) is 3.12. The van der Waals surface area contributed by atoms with Gasteiger partial charge in [-0.2, -0.15) is 0 Å². The van der Waals surface area contributed by atoms with Crippen LogP contribution in [-0.4, -0.2) is 17.6 Å². The summed E-state index contributed by atoms with van der Waals surface area (Å²) >= 11 is 6.18. The lowest BCUT2D eigenvalue weighted by Gasteiger charge is -2.11. The van der Waals surface area contributed by atoms with Gasteiger partial charge in [-0.25, -0.2) is 0 Å². The van der Waals surface area contributed by atoms with Crippen LogP contribution in [0.4, 0.5) is 5.69 Å². The van der Waals surface area contributed by atoms with Crippen LogP contribution in [-0.2, 0) is 17.8 Å². The number of methoxy groups -OCH3 is 1. The molecule has 3 rings (SSSR count). The van der Waals surface area contributed by atoms with E-state index in [-0.39, 0.29) is 11.5 Å². The highest BCUT2D eigenvalue weighted by atomic mass is 35.5. The van der Waals surface area contributed by atoms with Gasteiger partial charge in [0, 0.05) is 23.7 Å². The zero-order chi connectivity index (χ0) is 19.9. The van der Waals surface area contributed by atoms with E-state index < -0.39 is 0 Å². The van der Waals surface area contributed by atoms with Gasteiger partial charge in [0.2, 0.25) is 5.91 Å². The van der Waals surface area contributed by atoms with Crippen molar-refractivity contribution in [2.45, 2.75) is 19.4 Å². The van der Waals surface area contributed by atoms with Gasteiger partial charge in [-0.05, 0) is 35.7 Å². The minimum absolute atomic E-state index is 0.131. The number of amides is 1. The molecule has 0 unspecified atom stereocenters. The number of ether oxygens (including phenoxy) is 1. The molecule has 1 aromatic heterocycles. The zero-order valence-electron chi connectivity index (χ0n) is 15.5. The molecule has 1 amide bonds. The molecular weight excluding hydrogens is 376 g/mol.